The third kappa shape index (κ3) is 11.0. The molecule has 1 aliphatic rings. The van der Waals surface area contributed by atoms with Crippen molar-refractivity contribution in [3.8, 4) is 23.1 Å². The maximum atomic E-state index is 13.7. The van der Waals surface area contributed by atoms with Crippen molar-refractivity contribution in [3.05, 3.63) is 121 Å². The summed E-state index contributed by atoms with van der Waals surface area (Å²) in [5.74, 6) is 1.91. The number of urea groups is 1. The fourth-order valence-electron chi connectivity index (χ4n) is 6.69. The summed E-state index contributed by atoms with van der Waals surface area (Å²) in [6, 6.07) is 30.7. The average Bonchev–Trinajstić information content (AvgIpc) is 3.70. The van der Waals surface area contributed by atoms with E-state index in [2.05, 4.69) is 56.9 Å². The fraction of sp³-hybridized carbons (Fsp3) is 0.311. The highest BCUT2D eigenvalue weighted by Crippen LogP contribution is 2.35. The van der Waals surface area contributed by atoms with Gasteiger partial charge in [0.15, 0.2) is 0 Å². The van der Waals surface area contributed by atoms with Crippen molar-refractivity contribution in [2.24, 2.45) is 0 Å². The standard InChI is InChI=1S/C45H51N9O7/c1-45(2,3)37-27-39(54(52-37)31-14-11-15-32(26-31)60-25-24-57-4)50-44(56)47-35-18-19-36(34-17-10-9-16-33(34)35)61-40-20-21-46-43(51-40)49-38(28-53-22-23-59-29-41(53)58-5)48-42(55)30-12-7-6-8-13-30/h6-21,26-27,38,41H,22-25,28-29H2,1-5H3,(H,48,55)(H,46,49,51)(H2,47,50,56). The Morgan fingerprint density at radius 3 is 2.49 bits per heavy atom. The molecular formula is C45H51N9O7. The number of nitrogens with zero attached hydrogens (tertiary/aromatic N) is 5. The normalized spacial score (nSPS) is 14.9. The van der Waals surface area contributed by atoms with E-state index >= 15 is 0 Å². The Hall–Kier alpha value is -6.59. The van der Waals surface area contributed by atoms with Gasteiger partial charge in [-0.05, 0) is 36.4 Å². The number of fused-ring (bicyclic) bond motifs is 1. The summed E-state index contributed by atoms with van der Waals surface area (Å²) in [7, 11) is 3.25. The first-order chi connectivity index (χ1) is 29.6. The summed E-state index contributed by atoms with van der Waals surface area (Å²) in [5.41, 5.74) is 2.32. The average molecular weight is 830 g/mol. The number of ether oxygens (including phenoxy) is 5. The van der Waals surface area contributed by atoms with E-state index in [4.69, 9.17) is 28.8 Å². The zero-order valence-corrected chi connectivity index (χ0v) is 34.9. The highest BCUT2D eigenvalue weighted by molar-refractivity contribution is 6.07. The van der Waals surface area contributed by atoms with Crippen LogP contribution < -0.4 is 30.7 Å². The molecule has 0 bridgehead atoms. The SMILES string of the molecule is COCCOc1cccc(-n2nc(C(C)(C)C)cc2NC(=O)Nc2ccc(Oc3ccnc(NC(CN4CCOCC4OC)NC(=O)c4ccccc4)n3)c3ccccc23)c1. The fourth-order valence-corrected chi connectivity index (χ4v) is 6.69. The molecule has 1 fully saturated rings. The lowest BCUT2D eigenvalue weighted by Crippen LogP contribution is -2.55. The quantitative estimate of drug-likeness (QED) is 0.0579. The maximum absolute atomic E-state index is 13.7. The second-order valence-corrected chi connectivity index (χ2v) is 15.3. The second kappa shape index (κ2) is 19.6. The van der Waals surface area contributed by atoms with E-state index in [0.717, 1.165) is 22.2 Å². The molecule has 2 atom stereocenters. The molecule has 2 aromatic heterocycles. The smallest absolute Gasteiger partial charge is 0.324 e. The van der Waals surface area contributed by atoms with E-state index < -0.39 is 12.2 Å². The van der Waals surface area contributed by atoms with Crippen LogP contribution in [0.5, 0.6) is 17.4 Å². The Kier molecular flexibility index (Phi) is 13.7. The van der Waals surface area contributed by atoms with Gasteiger partial charge in [-0.3, -0.25) is 15.0 Å². The van der Waals surface area contributed by atoms with Crippen molar-refractivity contribution < 1.29 is 33.3 Å². The van der Waals surface area contributed by atoms with E-state index in [0.29, 0.717) is 68.1 Å². The summed E-state index contributed by atoms with van der Waals surface area (Å²) < 4.78 is 30.3. The molecule has 61 heavy (non-hydrogen) atoms. The molecule has 1 saturated heterocycles. The van der Waals surface area contributed by atoms with Crippen LogP contribution in [-0.2, 0) is 19.6 Å². The Morgan fingerprint density at radius 1 is 0.902 bits per heavy atom. The monoisotopic (exact) mass is 829 g/mol. The van der Waals surface area contributed by atoms with Crippen molar-refractivity contribution in [1.29, 1.82) is 0 Å². The number of benzene rings is 4. The van der Waals surface area contributed by atoms with Crippen LogP contribution in [0.4, 0.5) is 22.2 Å². The molecule has 16 nitrogen and oxygen atoms in total. The van der Waals surface area contributed by atoms with Crippen LogP contribution in [0.15, 0.2) is 109 Å². The van der Waals surface area contributed by atoms with Gasteiger partial charge in [0.2, 0.25) is 11.8 Å². The second-order valence-electron chi connectivity index (χ2n) is 15.3. The van der Waals surface area contributed by atoms with Gasteiger partial charge in [0, 0.05) is 73.5 Å². The Labute approximate surface area is 354 Å². The molecule has 0 aliphatic carbocycles. The predicted octanol–water partition coefficient (Wildman–Crippen LogP) is 7.05. The molecule has 4 aromatic carbocycles. The number of nitrogens with one attached hydrogen (secondary N) is 4. The van der Waals surface area contributed by atoms with Gasteiger partial charge in [-0.25, -0.2) is 14.5 Å². The number of amides is 3. The van der Waals surface area contributed by atoms with Crippen molar-refractivity contribution in [1.82, 2.24) is 30.0 Å². The van der Waals surface area contributed by atoms with Crippen molar-refractivity contribution in [2.75, 3.05) is 69.7 Å². The zero-order valence-electron chi connectivity index (χ0n) is 34.9. The van der Waals surface area contributed by atoms with E-state index in [-0.39, 0.29) is 29.4 Å². The van der Waals surface area contributed by atoms with Crippen LogP contribution in [0.25, 0.3) is 16.5 Å². The number of anilines is 3. The summed E-state index contributed by atoms with van der Waals surface area (Å²) in [4.78, 5) is 38.2. The number of aromatic nitrogens is 4. The van der Waals surface area contributed by atoms with Crippen molar-refractivity contribution in [2.45, 2.75) is 38.6 Å². The lowest BCUT2D eigenvalue weighted by atomic mass is 9.92. The minimum atomic E-state index is -0.597. The summed E-state index contributed by atoms with van der Waals surface area (Å²) in [6.07, 6.45) is 0.704. The lowest BCUT2D eigenvalue weighted by Gasteiger charge is -2.36. The van der Waals surface area contributed by atoms with E-state index in [9.17, 15) is 9.59 Å². The minimum Gasteiger partial charge on any atom is -0.491 e. The highest BCUT2D eigenvalue weighted by atomic mass is 16.5. The molecule has 318 valence electrons. The predicted molar refractivity (Wildman–Crippen MR) is 233 cm³/mol. The van der Waals surface area contributed by atoms with Gasteiger partial charge in [-0.1, -0.05) is 69.3 Å². The summed E-state index contributed by atoms with van der Waals surface area (Å²) in [5, 5.41) is 18.7. The number of methoxy groups -OCH3 is 2. The van der Waals surface area contributed by atoms with Crippen LogP contribution in [0.1, 0.15) is 36.8 Å². The maximum Gasteiger partial charge on any atom is 0.324 e. The number of rotatable bonds is 16. The van der Waals surface area contributed by atoms with E-state index in [1.54, 1.807) is 55.4 Å². The van der Waals surface area contributed by atoms with Crippen LogP contribution >= 0.6 is 0 Å². The summed E-state index contributed by atoms with van der Waals surface area (Å²) >= 11 is 0. The molecule has 0 saturated carbocycles. The summed E-state index contributed by atoms with van der Waals surface area (Å²) in [6.45, 7) is 9.01. The van der Waals surface area contributed by atoms with Crippen molar-refractivity contribution in [3.63, 3.8) is 0 Å². The number of carbonyl (C=O) groups is 2. The van der Waals surface area contributed by atoms with Crippen LogP contribution in [-0.4, -0.2) is 103 Å². The Morgan fingerprint density at radius 2 is 1.70 bits per heavy atom. The molecule has 4 N–H and O–H groups in total. The van der Waals surface area contributed by atoms with Gasteiger partial charge in [-0.15, -0.1) is 0 Å². The molecular weight excluding hydrogens is 779 g/mol. The van der Waals surface area contributed by atoms with Gasteiger partial charge in [0.1, 0.15) is 36.3 Å². The van der Waals surface area contributed by atoms with Crippen molar-refractivity contribution >= 4 is 40.2 Å². The number of morpholine rings is 1. The number of hydrogen-bond donors (Lipinski definition) is 4. The molecule has 0 radical (unpaired) electrons. The van der Waals surface area contributed by atoms with E-state index in [1.165, 1.54) is 0 Å². The van der Waals surface area contributed by atoms with Gasteiger partial charge in [0.05, 0.1) is 36.9 Å². The topological polar surface area (TPSA) is 175 Å². The lowest BCUT2D eigenvalue weighted by molar-refractivity contribution is -0.125. The van der Waals surface area contributed by atoms with Crippen LogP contribution in [0.2, 0.25) is 0 Å². The largest absolute Gasteiger partial charge is 0.491 e. The minimum absolute atomic E-state index is 0.247. The number of carbonyl (C=O) groups excluding carboxylic acids is 2. The Balaban J connectivity index is 1.08. The Bertz CT molecular complexity index is 2420. The third-order valence-electron chi connectivity index (χ3n) is 9.84. The molecule has 0 spiro atoms. The van der Waals surface area contributed by atoms with Crippen LogP contribution in [0.3, 0.4) is 0 Å². The molecule has 3 amide bonds. The first kappa shape index (κ1) is 42.5. The molecule has 16 heteroatoms. The van der Waals surface area contributed by atoms with Gasteiger partial charge in [0.25, 0.3) is 5.91 Å². The molecule has 6 aromatic rings. The molecule has 1 aliphatic heterocycles. The van der Waals surface area contributed by atoms with E-state index in [1.807, 2.05) is 72.8 Å². The molecule has 3 heterocycles. The first-order valence-corrected chi connectivity index (χ1v) is 20.0. The molecule has 2 unspecified atom stereocenters. The van der Waals surface area contributed by atoms with Crippen LogP contribution in [0, 0.1) is 0 Å². The molecule has 7 rings (SSSR count). The number of hydrogen-bond acceptors (Lipinski definition) is 12. The van der Waals surface area contributed by atoms with Gasteiger partial charge < -0.3 is 39.6 Å². The van der Waals surface area contributed by atoms with Gasteiger partial charge >= 0.3 is 6.03 Å². The van der Waals surface area contributed by atoms with Gasteiger partial charge in [-0.2, -0.15) is 10.1 Å². The first-order valence-electron chi connectivity index (χ1n) is 20.0. The third-order valence-corrected chi connectivity index (χ3v) is 9.84. The highest BCUT2D eigenvalue weighted by Gasteiger charge is 2.27. The zero-order chi connectivity index (χ0) is 42.8.